The molecule has 0 radical (unpaired) electrons. The van der Waals surface area contributed by atoms with Crippen molar-refractivity contribution in [3.63, 3.8) is 0 Å². The zero-order valence-electron chi connectivity index (χ0n) is 7.90. The van der Waals surface area contributed by atoms with E-state index in [0.29, 0.717) is 0 Å². The van der Waals surface area contributed by atoms with Crippen LogP contribution in [0.4, 0.5) is 0 Å². The predicted octanol–water partition coefficient (Wildman–Crippen LogP) is 2.42. The minimum Gasteiger partial charge on any atom is -0.316 e. The molecular weight excluding hydrogens is 134 g/mol. The first-order valence-corrected chi connectivity index (χ1v) is 5.09. The smallest absolute Gasteiger partial charge is 0.000559 e. The van der Waals surface area contributed by atoms with Crippen molar-refractivity contribution in [2.75, 3.05) is 13.1 Å². The van der Waals surface area contributed by atoms with Crippen LogP contribution in [0, 0.1) is 11.8 Å². The van der Waals surface area contributed by atoms with Gasteiger partial charge in [0.15, 0.2) is 0 Å². The zero-order valence-corrected chi connectivity index (χ0v) is 7.90. The molecule has 66 valence electrons. The Kier molecular flexibility index (Phi) is 3.92. The molecule has 1 saturated heterocycles. The van der Waals surface area contributed by atoms with E-state index in [0.717, 1.165) is 11.8 Å². The second-order valence-electron chi connectivity index (χ2n) is 3.76. The topological polar surface area (TPSA) is 12.0 Å². The number of hydrogen-bond donors (Lipinski definition) is 1. The highest BCUT2D eigenvalue weighted by Gasteiger charge is 2.24. The largest absolute Gasteiger partial charge is 0.316 e. The first-order valence-electron chi connectivity index (χ1n) is 5.09. The molecule has 0 amide bonds. The lowest BCUT2D eigenvalue weighted by Crippen LogP contribution is -2.46. The van der Waals surface area contributed by atoms with Crippen LogP contribution < -0.4 is 5.32 Å². The third kappa shape index (κ3) is 2.48. The average Bonchev–Trinajstić information content (AvgIpc) is 1.85. The quantitative estimate of drug-likeness (QED) is 0.643. The van der Waals surface area contributed by atoms with E-state index in [4.69, 9.17) is 0 Å². The SMILES string of the molecule is CCCC(CCC)C1CNC1. The molecule has 1 nitrogen and oxygen atoms in total. The Bertz CT molecular complexity index is 91.0. The van der Waals surface area contributed by atoms with Crippen molar-refractivity contribution in [1.29, 1.82) is 0 Å². The molecule has 1 heterocycles. The minimum atomic E-state index is 1.01. The molecule has 1 fully saturated rings. The maximum Gasteiger partial charge on any atom is -0.000559 e. The molecule has 0 aliphatic carbocycles. The van der Waals surface area contributed by atoms with Gasteiger partial charge in [0.1, 0.15) is 0 Å². The third-order valence-electron chi connectivity index (χ3n) is 2.80. The van der Waals surface area contributed by atoms with E-state index in [1.54, 1.807) is 0 Å². The normalized spacial score (nSPS) is 18.8. The lowest BCUT2D eigenvalue weighted by atomic mass is 9.81. The summed E-state index contributed by atoms with van der Waals surface area (Å²) in [5, 5.41) is 3.36. The molecule has 1 aliphatic heterocycles. The highest BCUT2D eigenvalue weighted by atomic mass is 14.9. The van der Waals surface area contributed by atoms with Gasteiger partial charge in [-0.1, -0.05) is 39.5 Å². The van der Waals surface area contributed by atoms with E-state index >= 15 is 0 Å². The summed E-state index contributed by atoms with van der Waals surface area (Å²) in [5.41, 5.74) is 0. The van der Waals surface area contributed by atoms with Crippen molar-refractivity contribution in [2.24, 2.45) is 11.8 Å². The lowest BCUT2D eigenvalue weighted by Gasteiger charge is -2.34. The van der Waals surface area contributed by atoms with Crippen LogP contribution in [0.5, 0.6) is 0 Å². The van der Waals surface area contributed by atoms with E-state index in [9.17, 15) is 0 Å². The summed E-state index contributed by atoms with van der Waals surface area (Å²) in [7, 11) is 0. The molecule has 1 aliphatic rings. The fourth-order valence-electron chi connectivity index (χ4n) is 2.00. The van der Waals surface area contributed by atoms with E-state index in [2.05, 4.69) is 19.2 Å². The summed E-state index contributed by atoms with van der Waals surface area (Å²) < 4.78 is 0. The van der Waals surface area contributed by atoms with Crippen LogP contribution in [-0.2, 0) is 0 Å². The number of nitrogens with one attached hydrogen (secondary N) is 1. The highest BCUT2D eigenvalue weighted by Crippen LogP contribution is 2.25. The van der Waals surface area contributed by atoms with Crippen LogP contribution in [-0.4, -0.2) is 13.1 Å². The first kappa shape index (κ1) is 9.05. The molecule has 0 aromatic heterocycles. The van der Waals surface area contributed by atoms with Crippen LogP contribution in [0.3, 0.4) is 0 Å². The summed E-state index contributed by atoms with van der Waals surface area (Å²) in [4.78, 5) is 0. The number of rotatable bonds is 5. The summed E-state index contributed by atoms with van der Waals surface area (Å²) in [6, 6.07) is 0. The molecule has 0 saturated carbocycles. The van der Waals surface area contributed by atoms with Gasteiger partial charge < -0.3 is 5.32 Å². The molecule has 0 unspecified atom stereocenters. The zero-order chi connectivity index (χ0) is 8.10. The van der Waals surface area contributed by atoms with E-state index in [1.807, 2.05) is 0 Å². The molecule has 0 aromatic carbocycles. The molecule has 1 rings (SSSR count). The van der Waals surface area contributed by atoms with Crippen molar-refractivity contribution in [3.8, 4) is 0 Å². The Labute approximate surface area is 70.6 Å². The summed E-state index contributed by atoms with van der Waals surface area (Å²) in [6.07, 6.45) is 5.61. The Morgan fingerprint density at radius 1 is 1.18 bits per heavy atom. The predicted molar refractivity (Wildman–Crippen MR) is 49.7 cm³/mol. The van der Waals surface area contributed by atoms with Gasteiger partial charge >= 0.3 is 0 Å². The van der Waals surface area contributed by atoms with Gasteiger partial charge in [-0.15, -0.1) is 0 Å². The molecule has 1 heteroatoms. The fraction of sp³-hybridized carbons (Fsp3) is 1.00. The van der Waals surface area contributed by atoms with Crippen molar-refractivity contribution < 1.29 is 0 Å². The van der Waals surface area contributed by atoms with Crippen LogP contribution in [0.1, 0.15) is 39.5 Å². The minimum absolute atomic E-state index is 1.01. The fourth-order valence-corrected chi connectivity index (χ4v) is 2.00. The van der Waals surface area contributed by atoms with Crippen molar-refractivity contribution >= 4 is 0 Å². The summed E-state index contributed by atoms with van der Waals surface area (Å²) in [5.74, 6) is 2.03. The van der Waals surface area contributed by atoms with Crippen LogP contribution in [0.25, 0.3) is 0 Å². The Morgan fingerprint density at radius 2 is 1.73 bits per heavy atom. The second kappa shape index (κ2) is 4.76. The second-order valence-corrected chi connectivity index (χ2v) is 3.76. The van der Waals surface area contributed by atoms with Crippen LogP contribution in [0.15, 0.2) is 0 Å². The van der Waals surface area contributed by atoms with Gasteiger partial charge in [-0.05, 0) is 24.9 Å². The van der Waals surface area contributed by atoms with Gasteiger partial charge in [-0.2, -0.15) is 0 Å². The van der Waals surface area contributed by atoms with Gasteiger partial charge in [0, 0.05) is 0 Å². The monoisotopic (exact) mass is 155 g/mol. The summed E-state index contributed by atoms with van der Waals surface area (Å²) >= 11 is 0. The molecule has 1 N–H and O–H groups in total. The molecule has 0 bridgehead atoms. The Morgan fingerprint density at radius 3 is 2.00 bits per heavy atom. The summed E-state index contributed by atoms with van der Waals surface area (Å²) in [6.45, 7) is 7.17. The first-order chi connectivity index (χ1) is 5.38. The molecule has 0 atom stereocenters. The van der Waals surface area contributed by atoms with E-state index in [-0.39, 0.29) is 0 Å². The van der Waals surface area contributed by atoms with Crippen LogP contribution >= 0.6 is 0 Å². The Hall–Kier alpha value is -0.0400. The maximum absolute atomic E-state index is 3.36. The van der Waals surface area contributed by atoms with E-state index < -0.39 is 0 Å². The highest BCUT2D eigenvalue weighted by molar-refractivity contribution is 4.81. The average molecular weight is 155 g/mol. The standard InChI is InChI=1S/C10H21N/c1-3-5-9(6-4-2)10-7-11-8-10/h9-11H,3-8H2,1-2H3. The van der Waals surface area contributed by atoms with Crippen molar-refractivity contribution in [1.82, 2.24) is 5.32 Å². The van der Waals surface area contributed by atoms with Gasteiger partial charge in [0.25, 0.3) is 0 Å². The van der Waals surface area contributed by atoms with E-state index in [1.165, 1.54) is 38.8 Å². The molecular formula is C10H21N. The Balaban J connectivity index is 2.19. The van der Waals surface area contributed by atoms with Crippen LogP contribution in [0.2, 0.25) is 0 Å². The van der Waals surface area contributed by atoms with Gasteiger partial charge in [0.05, 0.1) is 0 Å². The van der Waals surface area contributed by atoms with Gasteiger partial charge in [-0.25, -0.2) is 0 Å². The van der Waals surface area contributed by atoms with Gasteiger partial charge in [-0.3, -0.25) is 0 Å². The van der Waals surface area contributed by atoms with Crippen molar-refractivity contribution in [3.05, 3.63) is 0 Å². The maximum atomic E-state index is 3.36. The molecule has 0 spiro atoms. The molecule has 11 heavy (non-hydrogen) atoms. The van der Waals surface area contributed by atoms with Crippen molar-refractivity contribution in [2.45, 2.75) is 39.5 Å². The lowest BCUT2D eigenvalue weighted by molar-refractivity contribution is 0.208. The van der Waals surface area contributed by atoms with Gasteiger partial charge in [0.2, 0.25) is 0 Å². The third-order valence-corrected chi connectivity index (χ3v) is 2.80. The number of hydrogen-bond acceptors (Lipinski definition) is 1. The molecule has 0 aromatic rings.